The van der Waals surface area contributed by atoms with Gasteiger partial charge >= 0.3 is 5.97 Å². The molecule has 0 amide bonds. The van der Waals surface area contributed by atoms with Gasteiger partial charge in [-0.3, -0.25) is 4.79 Å². The van der Waals surface area contributed by atoms with Gasteiger partial charge in [-0.2, -0.15) is 0 Å². The summed E-state index contributed by atoms with van der Waals surface area (Å²) in [6, 6.07) is 9.32. The topological polar surface area (TPSA) is 75.2 Å². The number of ether oxygens (including phenoxy) is 1. The highest BCUT2D eigenvalue weighted by molar-refractivity contribution is 5.76. The number of hydrogen-bond donors (Lipinski definition) is 0. The molecule has 6 nitrogen and oxygen atoms in total. The molecule has 1 aromatic heterocycles. The Hall–Kier alpha value is -2.31. The van der Waals surface area contributed by atoms with Gasteiger partial charge in [0.15, 0.2) is 5.82 Å². The Morgan fingerprint density at radius 1 is 1.00 bits per heavy atom. The van der Waals surface area contributed by atoms with Crippen LogP contribution in [0.25, 0.3) is 11.4 Å². The lowest BCUT2D eigenvalue weighted by Gasteiger charge is -2.49. The number of hydrogen-bond acceptors (Lipinski definition) is 5. The predicted octanol–water partition coefficient (Wildman–Crippen LogP) is 6.18. The van der Waals surface area contributed by atoms with E-state index in [-0.39, 0.29) is 11.9 Å². The summed E-state index contributed by atoms with van der Waals surface area (Å²) in [5.74, 6) is 0.594. The average Bonchev–Trinajstić information content (AvgIpc) is 2.77. The minimum absolute atomic E-state index is 0.279. The van der Waals surface area contributed by atoms with Gasteiger partial charge in [0.05, 0.1) is 5.92 Å². The molecule has 1 aliphatic heterocycles. The van der Waals surface area contributed by atoms with Gasteiger partial charge in [-0.05, 0) is 83.7 Å². The van der Waals surface area contributed by atoms with Crippen molar-refractivity contribution in [2.24, 2.45) is 5.92 Å². The Bertz CT molecular complexity index is 906. The van der Waals surface area contributed by atoms with Gasteiger partial charge in [-0.1, -0.05) is 32.6 Å². The van der Waals surface area contributed by atoms with Gasteiger partial charge in [-0.15, -0.1) is 10.3 Å². The van der Waals surface area contributed by atoms with E-state index < -0.39 is 11.1 Å². The zero-order chi connectivity index (χ0) is 24.1. The zero-order valence-corrected chi connectivity index (χ0v) is 20.8. The minimum atomic E-state index is -0.604. The maximum Gasteiger partial charge on any atom is 0.314 e. The van der Waals surface area contributed by atoms with Gasteiger partial charge in [0.2, 0.25) is 0 Å². The van der Waals surface area contributed by atoms with Crippen LogP contribution >= 0.6 is 0 Å². The second-order valence-electron chi connectivity index (χ2n) is 10.5. The molecule has 1 radical (unpaired) electrons. The molecule has 0 atom stereocenters. The van der Waals surface area contributed by atoms with Gasteiger partial charge in [0.25, 0.3) is 0 Å². The quantitative estimate of drug-likeness (QED) is 0.258. The molecule has 2 aromatic rings. The normalized spacial score (nSPS) is 18.2. The maximum atomic E-state index is 12.8. The Balaban J connectivity index is 1.60. The minimum Gasteiger partial charge on any atom is -0.426 e. The number of carbonyl (C=O) groups excluding carboxylic acids is 1. The molecular formula is C27H38N3O3. The first-order valence-corrected chi connectivity index (χ1v) is 12.2. The van der Waals surface area contributed by atoms with Crippen molar-refractivity contribution in [3.63, 3.8) is 0 Å². The van der Waals surface area contributed by atoms with Crippen LogP contribution in [0.5, 0.6) is 5.75 Å². The number of rotatable bonds is 9. The molecule has 6 heteroatoms. The van der Waals surface area contributed by atoms with Crippen LogP contribution in [0.2, 0.25) is 0 Å². The van der Waals surface area contributed by atoms with Crippen molar-refractivity contribution in [2.45, 2.75) is 97.1 Å². The predicted molar refractivity (Wildman–Crippen MR) is 129 cm³/mol. The summed E-state index contributed by atoms with van der Waals surface area (Å²) in [5, 5.41) is 13.7. The molecule has 0 unspecified atom stereocenters. The van der Waals surface area contributed by atoms with Crippen LogP contribution < -0.4 is 4.74 Å². The van der Waals surface area contributed by atoms with Crippen molar-refractivity contribution < 1.29 is 14.7 Å². The lowest BCUT2D eigenvalue weighted by atomic mass is 9.75. The lowest BCUT2D eigenvalue weighted by Crippen LogP contribution is -2.59. The van der Waals surface area contributed by atoms with Gasteiger partial charge in [-0.25, -0.2) is 9.97 Å². The first kappa shape index (κ1) is 25.3. The fraction of sp³-hybridized carbons (Fsp3) is 0.593. The third kappa shape index (κ3) is 6.61. The maximum absolute atomic E-state index is 12.8. The number of carbonyl (C=O) groups is 1. The molecule has 0 saturated carbocycles. The second kappa shape index (κ2) is 10.7. The fourth-order valence-corrected chi connectivity index (χ4v) is 4.89. The first-order valence-electron chi connectivity index (χ1n) is 12.2. The van der Waals surface area contributed by atoms with Crippen molar-refractivity contribution in [3.8, 4) is 17.1 Å². The molecule has 0 spiro atoms. The summed E-state index contributed by atoms with van der Waals surface area (Å²) in [5.41, 5.74) is 0.743. The third-order valence-electron chi connectivity index (χ3n) is 6.51. The largest absolute Gasteiger partial charge is 0.426 e. The number of benzene rings is 1. The molecule has 1 fully saturated rings. The standard InChI is InChI=1S/C27H38N3O3/c1-6-7-8-9-10-11-22-16-17-28-24(29-22)20-12-14-23(15-13-20)33-25(31)21-18-26(2,3)30(32)27(4,5)19-21/h12-17,21H,6-11,18-19H2,1-5H3. The summed E-state index contributed by atoms with van der Waals surface area (Å²) < 4.78 is 5.68. The molecule has 1 saturated heterocycles. The number of aromatic nitrogens is 2. The van der Waals surface area contributed by atoms with E-state index in [1.165, 1.54) is 25.7 Å². The molecule has 0 N–H and O–H groups in total. The lowest BCUT2D eigenvalue weighted by molar-refractivity contribution is -0.293. The van der Waals surface area contributed by atoms with E-state index in [9.17, 15) is 10.0 Å². The SMILES string of the molecule is CCCCCCCc1ccnc(-c2ccc(OC(=O)C3CC(C)(C)N([O])C(C)(C)C3)cc2)n1. The third-order valence-corrected chi connectivity index (χ3v) is 6.51. The van der Waals surface area contributed by atoms with Crippen LogP contribution in [0, 0.1) is 5.92 Å². The molecule has 0 bridgehead atoms. The van der Waals surface area contributed by atoms with Crippen molar-refractivity contribution >= 4 is 5.97 Å². The van der Waals surface area contributed by atoms with Crippen molar-refractivity contribution in [1.82, 2.24) is 15.0 Å². The average molecular weight is 453 g/mol. The number of unbranched alkanes of at least 4 members (excludes halogenated alkanes) is 4. The molecule has 1 aliphatic rings. The molecular weight excluding hydrogens is 414 g/mol. The Morgan fingerprint density at radius 2 is 1.64 bits per heavy atom. The molecule has 33 heavy (non-hydrogen) atoms. The molecule has 179 valence electrons. The molecule has 1 aromatic carbocycles. The van der Waals surface area contributed by atoms with E-state index in [2.05, 4.69) is 11.9 Å². The number of esters is 1. The zero-order valence-electron chi connectivity index (χ0n) is 20.8. The van der Waals surface area contributed by atoms with E-state index >= 15 is 0 Å². The van der Waals surface area contributed by atoms with Gasteiger partial charge in [0, 0.05) is 28.5 Å². The summed E-state index contributed by atoms with van der Waals surface area (Å²) in [6.45, 7) is 9.76. The van der Waals surface area contributed by atoms with Crippen molar-refractivity contribution in [2.75, 3.05) is 0 Å². The second-order valence-corrected chi connectivity index (χ2v) is 10.5. The molecule has 3 rings (SSSR count). The van der Waals surface area contributed by atoms with E-state index in [1.807, 2.05) is 52.1 Å². The van der Waals surface area contributed by atoms with Crippen molar-refractivity contribution in [1.29, 1.82) is 0 Å². The number of piperidine rings is 1. The van der Waals surface area contributed by atoms with Crippen LogP contribution in [0.4, 0.5) is 0 Å². The van der Waals surface area contributed by atoms with Crippen molar-refractivity contribution in [3.05, 3.63) is 42.2 Å². The monoisotopic (exact) mass is 452 g/mol. The van der Waals surface area contributed by atoms with Crippen LogP contribution in [0.3, 0.4) is 0 Å². The van der Waals surface area contributed by atoms with Crippen LogP contribution in [-0.4, -0.2) is 32.1 Å². The highest BCUT2D eigenvalue weighted by Gasteiger charge is 2.48. The summed E-state index contributed by atoms with van der Waals surface area (Å²) in [4.78, 5) is 22.0. The van der Waals surface area contributed by atoms with E-state index in [0.717, 1.165) is 29.2 Å². The van der Waals surface area contributed by atoms with Crippen LogP contribution in [0.1, 0.15) is 85.3 Å². The smallest absolute Gasteiger partial charge is 0.314 e. The first-order chi connectivity index (χ1) is 15.6. The van der Waals surface area contributed by atoms with E-state index in [1.54, 1.807) is 12.1 Å². The summed E-state index contributed by atoms with van der Waals surface area (Å²) >= 11 is 0. The highest BCUT2D eigenvalue weighted by atomic mass is 16.5. The van der Waals surface area contributed by atoms with Crippen LogP contribution in [-0.2, 0) is 16.4 Å². The summed E-state index contributed by atoms with van der Waals surface area (Å²) in [6.07, 6.45) is 9.93. The summed E-state index contributed by atoms with van der Waals surface area (Å²) in [7, 11) is 0. The fourth-order valence-electron chi connectivity index (χ4n) is 4.89. The number of nitrogens with zero attached hydrogens (tertiary/aromatic N) is 3. The Kier molecular flexibility index (Phi) is 8.24. The molecule has 2 heterocycles. The Labute approximate surface area is 198 Å². The number of aryl methyl sites for hydroxylation is 1. The Morgan fingerprint density at radius 3 is 2.27 bits per heavy atom. The van der Waals surface area contributed by atoms with Crippen LogP contribution in [0.15, 0.2) is 36.5 Å². The van der Waals surface area contributed by atoms with E-state index in [4.69, 9.17) is 9.72 Å². The highest BCUT2D eigenvalue weighted by Crippen LogP contribution is 2.40. The van der Waals surface area contributed by atoms with Gasteiger partial charge < -0.3 is 4.74 Å². The number of hydroxylamine groups is 2. The van der Waals surface area contributed by atoms with Gasteiger partial charge in [0.1, 0.15) is 5.75 Å². The molecule has 0 aliphatic carbocycles. The van der Waals surface area contributed by atoms with E-state index in [0.29, 0.717) is 24.4 Å².